The lowest BCUT2D eigenvalue weighted by Gasteiger charge is -2.25. The Morgan fingerprint density at radius 3 is 2.67 bits per heavy atom. The van der Waals surface area contributed by atoms with Gasteiger partial charge in [-0.3, -0.25) is 0 Å². The van der Waals surface area contributed by atoms with Crippen molar-refractivity contribution in [3.8, 4) is 0 Å². The molecule has 0 bridgehead atoms. The molecule has 0 unspecified atom stereocenters. The molecule has 0 amide bonds. The largest absolute Gasteiger partial charge is 0.398 e. The van der Waals surface area contributed by atoms with Crippen molar-refractivity contribution in [2.45, 2.75) is 58.0 Å². The molecule has 3 N–H and O–H groups in total. The molecule has 1 aliphatic carbocycles. The lowest BCUT2D eigenvalue weighted by atomic mass is 9.85. The number of benzene rings is 1. The molecule has 1 saturated carbocycles. The van der Waals surface area contributed by atoms with Gasteiger partial charge in [-0.2, -0.15) is 0 Å². The van der Waals surface area contributed by atoms with Crippen molar-refractivity contribution >= 4 is 5.69 Å². The monoisotopic (exact) mass is 246 g/mol. The van der Waals surface area contributed by atoms with Crippen LogP contribution in [0.5, 0.6) is 0 Å². The molecule has 0 radical (unpaired) electrons. The maximum Gasteiger partial charge on any atom is 0.0359 e. The van der Waals surface area contributed by atoms with Gasteiger partial charge in [-0.1, -0.05) is 50.3 Å². The zero-order chi connectivity index (χ0) is 12.8. The predicted molar refractivity (Wildman–Crippen MR) is 78.3 cm³/mol. The number of hydrogen-bond donors (Lipinski definition) is 2. The molecular weight excluding hydrogens is 220 g/mol. The van der Waals surface area contributed by atoms with E-state index in [9.17, 15) is 0 Å². The van der Waals surface area contributed by atoms with Crippen LogP contribution in [0.3, 0.4) is 0 Å². The number of para-hydroxylation sites is 1. The van der Waals surface area contributed by atoms with Gasteiger partial charge >= 0.3 is 0 Å². The van der Waals surface area contributed by atoms with E-state index in [2.05, 4.69) is 24.4 Å². The summed E-state index contributed by atoms with van der Waals surface area (Å²) in [5, 5.41) is 3.61. The Labute approximate surface area is 111 Å². The zero-order valence-electron chi connectivity index (χ0n) is 11.5. The second-order valence-electron chi connectivity index (χ2n) is 5.72. The maximum atomic E-state index is 5.95. The smallest absolute Gasteiger partial charge is 0.0359 e. The molecule has 1 fully saturated rings. The fourth-order valence-corrected chi connectivity index (χ4v) is 2.99. The lowest BCUT2D eigenvalue weighted by Crippen LogP contribution is -2.28. The standard InChI is InChI=1S/C16H26N2/c1-13(11-14-7-3-2-4-8-14)18-12-15-9-5-6-10-16(15)17/h5-6,9-10,13-14,18H,2-4,7-8,11-12,17H2,1H3/t13-/m0/s1. The number of rotatable bonds is 5. The molecule has 1 aromatic carbocycles. The van der Waals surface area contributed by atoms with Gasteiger partial charge in [0.1, 0.15) is 0 Å². The van der Waals surface area contributed by atoms with Gasteiger partial charge in [-0.05, 0) is 30.9 Å². The molecule has 0 spiro atoms. The van der Waals surface area contributed by atoms with Crippen LogP contribution in [0.25, 0.3) is 0 Å². The van der Waals surface area contributed by atoms with E-state index in [1.807, 2.05) is 12.1 Å². The normalized spacial score (nSPS) is 18.7. The third-order valence-electron chi connectivity index (χ3n) is 4.11. The van der Waals surface area contributed by atoms with Crippen LogP contribution in [0, 0.1) is 5.92 Å². The van der Waals surface area contributed by atoms with Crippen LogP contribution in [0.4, 0.5) is 5.69 Å². The highest BCUT2D eigenvalue weighted by Crippen LogP contribution is 2.27. The number of nitrogens with one attached hydrogen (secondary N) is 1. The fraction of sp³-hybridized carbons (Fsp3) is 0.625. The summed E-state index contributed by atoms with van der Waals surface area (Å²) in [6.07, 6.45) is 8.48. The SMILES string of the molecule is C[C@@H](CC1CCCCC1)NCc1ccccc1N. The first-order valence-electron chi connectivity index (χ1n) is 7.32. The quantitative estimate of drug-likeness (QED) is 0.777. The molecule has 0 heterocycles. The van der Waals surface area contributed by atoms with Crippen molar-refractivity contribution < 1.29 is 0 Å². The van der Waals surface area contributed by atoms with Crippen molar-refractivity contribution in [2.75, 3.05) is 5.73 Å². The van der Waals surface area contributed by atoms with E-state index in [1.54, 1.807) is 0 Å². The molecule has 1 aliphatic rings. The van der Waals surface area contributed by atoms with E-state index in [4.69, 9.17) is 5.73 Å². The van der Waals surface area contributed by atoms with Crippen LogP contribution in [0.15, 0.2) is 24.3 Å². The van der Waals surface area contributed by atoms with Crippen molar-refractivity contribution in [1.29, 1.82) is 0 Å². The summed E-state index contributed by atoms with van der Waals surface area (Å²) in [5.41, 5.74) is 8.06. The number of anilines is 1. The zero-order valence-corrected chi connectivity index (χ0v) is 11.5. The van der Waals surface area contributed by atoms with E-state index in [0.29, 0.717) is 6.04 Å². The van der Waals surface area contributed by atoms with Crippen LogP contribution >= 0.6 is 0 Å². The molecule has 2 nitrogen and oxygen atoms in total. The van der Waals surface area contributed by atoms with Gasteiger partial charge in [0.05, 0.1) is 0 Å². The summed E-state index contributed by atoms with van der Waals surface area (Å²) < 4.78 is 0. The van der Waals surface area contributed by atoms with Gasteiger partial charge in [0, 0.05) is 18.3 Å². The highest BCUT2D eigenvalue weighted by atomic mass is 14.9. The summed E-state index contributed by atoms with van der Waals surface area (Å²) in [4.78, 5) is 0. The van der Waals surface area contributed by atoms with E-state index in [-0.39, 0.29) is 0 Å². The predicted octanol–water partition coefficient (Wildman–Crippen LogP) is 3.72. The van der Waals surface area contributed by atoms with Crippen LogP contribution < -0.4 is 11.1 Å². The summed E-state index contributed by atoms with van der Waals surface area (Å²) in [6.45, 7) is 3.19. The maximum absolute atomic E-state index is 5.95. The number of nitrogens with two attached hydrogens (primary N) is 1. The first kappa shape index (κ1) is 13.4. The van der Waals surface area contributed by atoms with Gasteiger partial charge in [-0.25, -0.2) is 0 Å². The van der Waals surface area contributed by atoms with Crippen LogP contribution in [-0.2, 0) is 6.54 Å². The van der Waals surface area contributed by atoms with Crippen molar-refractivity contribution in [3.05, 3.63) is 29.8 Å². The van der Waals surface area contributed by atoms with Crippen molar-refractivity contribution in [3.63, 3.8) is 0 Å². The van der Waals surface area contributed by atoms with Crippen LogP contribution in [0.1, 0.15) is 51.0 Å². The molecular formula is C16H26N2. The first-order chi connectivity index (χ1) is 8.75. The van der Waals surface area contributed by atoms with E-state index < -0.39 is 0 Å². The van der Waals surface area contributed by atoms with Gasteiger partial charge < -0.3 is 11.1 Å². The Morgan fingerprint density at radius 1 is 1.22 bits per heavy atom. The number of hydrogen-bond acceptors (Lipinski definition) is 2. The van der Waals surface area contributed by atoms with E-state index in [0.717, 1.165) is 18.2 Å². The molecule has 0 aliphatic heterocycles. The Bertz CT molecular complexity index is 356. The molecule has 1 aromatic rings. The second-order valence-corrected chi connectivity index (χ2v) is 5.72. The Morgan fingerprint density at radius 2 is 1.94 bits per heavy atom. The van der Waals surface area contributed by atoms with Crippen molar-refractivity contribution in [1.82, 2.24) is 5.32 Å². The minimum atomic E-state index is 0.590. The summed E-state index contributed by atoms with van der Waals surface area (Å²) in [5.74, 6) is 0.939. The topological polar surface area (TPSA) is 38.0 Å². The summed E-state index contributed by atoms with van der Waals surface area (Å²) >= 11 is 0. The number of nitrogen functional groups attached to an aromatic ring is 1. The van der Waals surface area contributed by atoms with Crippen molar-refractivity contribution in [2.24, 2.45) is 5.92 Å². The molecule has 1 atom stereocenters. The molecule has 0 saturated heterocycles. The third kappa shape index (κ3) is 4.02. The average Bonchev–Trinajstić information content (AvgIpc) is 2.39. The Balaban J connectivity index is 1.74. The second kappa shape index (κ2) is 6.79. The fourth-order valence-electron chi connectivity index (χ4n) is 2.99. The molecule has 2 rings (SSSR count). The van der Waals surface area contributed by atoms with Gasteiger partial charge in [0.15, 0.2) is 0 Å². The summed E-state index contributed by atoms with van der Waals surface area (Å²) in [7, 11) is 0. The van der Waals surface area contributed by atoms with Crippen LogP contribution in [-0.4, -0.2) is 6.04 Å². The Kier molecular flexibility index (Phi) is 5.06. The van der Waals surface area contributed by atoms with E-state index >= 15 is 0 Å². The van der Waals surface area contributed by atoms with Gasteiger partial charge in [-0.15, -0.1) is 0 Å². The minimum Gasteiger partial charge on any atom is -0.398 e. The minimum absolute atomic E-state index is 0.590. The Hall–Kier alpha value is -1.02. The summed E-state index contributed by atoms with van der Waals surface area (Å²) in [6, 6.07) is 8.72. The molecule has 18 heavy (non-hydrogen) atoms. The van der Waals surface area contributed by atoms with Gasteiger partial charge in [0.25, 0.3) is 0 Å². The lowest BCUT2D eigenvalue weighted by molar-refractivity contribution is 0.305. The molecule has 0 aromatic heterocycles. The van der Waals surface area contributed by atoms with E-state index in [1.165, 1.54) is 44.1 Å². The average molecular weight is 246 g/mol. The first-order valence-corrected chi connectivity index (χ1v) is 7.32. The highest BCUT2D eigenvalue weighted by molar-refractivity contribution is 5.46. The molecule has 2 heteroatoms. The van der Waals surface area contributed by atoms with Gasteiger partial charge in [0.2, 0.25) is 0 Å². The third-order valence-corrected chi connectivity index (χ3v) is 4.11. The highest BCUT2D eigenvalue weighted by Gasteiger charge is 2.16. The molecule has 100 valence electrons. The van der Waals surface area contributed by atoms with Crippen LogP contribution in [0.2, 0.25) is 0 Å².